The predicted octanol–water partition coefficient (Wildman–Crippen LogP) is 2.87. The fourth-order valence-corrected chi connectivity index (χ4v) is 4.79. The lowest BCUT2D eigenvalue weighted by molar-refractivity contribution is -0.00663. The summed E-state index contributed by atoms with van der Waals surface area (Å²) >= 11 is 5.52. The Morgan fingerprint density at radius 3 is 2.64 bits per heavy atom. The lowest BCUT2D eigenvalue weighted by Gasteiger charge is -2.50. The summed E-state index contributed by atoms with van der Waals surface area (Å²) in [5, 5.41) is 7.46. The van der Waals surface area contributed by atoms with E-state index >= 15 is 0 Å². The lowest BCUT2D eigenvalue weighted by Crippen LogP contribution is -2.58. The minimum Gasteiger partial charge on any atom is -0.378 e. The predicted molar refractivity (Wildman–Crippen MR) is 124 cm³/mol. The molecule has 4 atom stereocenters. The highest BCUT2D eigenvalue weighted by Crippen LogP contribution is 2.36. The second kappa shape index (κ2) is 9.72. The van der Waals surface area contributed by atoms with Gasteiger partial charge in [-0.1, -0.05) is 6.08 Å². The minimum atomic E-state index is 0.593. The topological polar surface area (TPSA) is 33.8 Å². The van der Waals surface area contributed by atoms with Crippen molar-refractivity contribution in [2.75, 3.05) is 64.1 Å². The van der Waals surface area contributed by atoms with Crippen LogP contribution in [0.15, 0.2) is 36.9 Å². The quantitative estimate of drug-likeness (QED) is 0.515. The fraction of sp³-hybridized carbons (Fsp3) is 0.591. The van der Waals surface area contributed by atoms with E-state index in [-0.39, 0.29) is 0 Å². The van der Waals surface area contributed by atoms with E-state index in [2.05, 4.69) is 63.2 Å². The maximum absolute atomic E-state index is 5.52. The van der Waals surface area contributed by atoms with Crippen LogP contribution in [0.1, 0.15) is 12.8 Å². The van der Waals surface area contributed by atoms with Crippen molar-refractivity contribution in [2.24, 2.45) is 11.8 Å². The van der Waals surface area contributed by atoms with Gasteiger partial charge in [-0.2, -0.15) is 0 Å². The molecule has 1 aromatic carbocycles. The van der Waals surface area contributed by atoms with Gasteiger partial charge in [0.15, 0.2) is 5.11 Å². The third-order valence-electron chi connectivity index (χ3n) is 6.14. The highest BCUT2D eigenvalue weighted by molar-refractivity contribution is 7.80. The number of piperidine rings is 3. The molecule has 1 unspecified atom stereocenters. The number of fused-ring (bicyclic) bond motifs is 3. The van der Waals surface area contributed by atoms with Crippen LogP contribution in [0.5, 0.6) is 0 Å². The van der Waals surface area contributed by atoms with Crippen LogP contribution in [0, 0.1) is 11.8 Å². The van der Waals surface area contributed by atoms with E-state index < -0.39 is 0 Å². The molecular weight excluding hydrogens is 366 g/mol. The van der Waals surface area contributed by atoms with Crippen LogP contribution >= 0.6 is 12.2 Å². The highest BCUT2D eigenvalue weighted by Gasteiger charge is 2.40. The SMILES string of the molecule is C=CCN(C)C[C@H]1CN2CC[C@H]1C[C@@H]2CNC(=S)Nc1ccc(N(C)C)cc1. The number of hydrogen-bond donors (Lipinski definition) is 2. The third kappa shape index (κ3) is 5.46. The van der Waals surface area contributed by atoms with Crippen LogP contribution in [0.25, 0.3) is 0 Å². The number of hydrogen-bond acceptors (Lipinski definition) is 4. The van der Waals surface area contributed by atoms with Crippen molar-refractivity contribution >= 4 is 28.7 Å². The number of thiocarbonyl (C=S) groups is 1. The molecule has 0 saturated carbocycles. The number of rotatable bonds is 8. The lowest BCUT2D eigenvalue weighted by atomic mass is 9.75. The average molecular weight is 402 g/mol. The average Bonchev–Trinajstić information content (AvgIpc) is 2.68. The van der Waals surface area contributed by atoms with Gasteiger partial charge >= 0.3 is 0 Å². The van der Waals surface area contributed by atoms with Crippen molar-refractivity contribution in [2.45, 2.75) is 18.9 Å². The number of nitrogens with one attached hydrogen (secondary N) is 2. The number of likely N-dealkylation sites (N-methyl/N-ethyl adjacent to an activating group) is 1. The monoisotopic (exact) mass is 401 g/mol. The van der Waals surface area contributed by atoms with E-state index in [0.717, 1.165) is 30.6 Å². The minimum absolute atomic E-state index is 0.593. The Labute approximate surface area is 175 Å². The Kier molecular flexibility index (Phi) is 7.32. The summed E-state index contributed by atoms with van der Waals surface area (Å²) in [4.78, 5) is 7.15. The van der Waals surface area contributed by atoms with Gasteiger partial charge in [0.1, 0.15) is 0 Å². The van der Waals surface area contributed by atoms with Gasteiger partial charge in [0.2, 0.25) is 0 Å². The zero-order valence-electron chi connectivity index (χ0n) is 17.5. The van der Waals surface area contributed by atoms with Gasteiger partial charge in [0, 0.05) is 57.7 Å². The first-order chi connectivity index (χ1) is 13.5. The zero-order chi connectivity index (χ0) is 20.1. The van der Waals surface area contributed by atoms with Crippen molar-refractivity contribution in [1.29, 1.82) is 0 Å². The molecule has 1 aromatic rings. The van der Waals surface area contributed by atoms with Crippen LogP contribution < -0.4 is 15.5 Å². The molecule has 0 aromatic heterocycles. The highest BCUT2D eigenvalue weighted by atomic mass is 32.1. The van der Waals surface area contributed by atoms with Crippen molar-refractivity contribution in [3.63, 3.8) is 0 Å². The van der Waals surface area contributed by atoms with Gasteiger partial charge in [-0.15, -0.1) is 6.58 Å². The first kappa shape index (κ1) is 21.1. The largest absolute Gasteiger partial charge is 0.378 e. The summed E-state index contributed by atoms with van der Waals surface area (Å²) in [5.41, 5.74) is 2.21. The number of benzene rings is 1. The van der Waals surface area contributed by atoms with Crippen molar-refractivity contribution < 1.29 is 0 Å². The Hall–Kier alpha value is -1.63. The van der Waals surface area contributed by atoms with Gasteiger partial charge in [0.25, 0.3) is 0 Å². The number of nitrogens with zero attached hydrogens (tertiary/aromatic N) is 3. The van der Waals surface area contributed by atoms with Crippen LogP contribution in [-0.2, 0) is 0 Å². The maximum Gasteiger partial charge on any atom is 0.170 e. The van der Waals surface area contributed by atoms with E-state index in [9.17, 15) is 0 Å². The van der Waals surface area contributed by atoms with E-state index in [1.54, 1.807) is 0 Å². The molecule has 3 aliphatic rings. The molecule has 3 aliphatic heterocycles. The van der Waals surface area contributed by atoms with Gasteiger partial charge in [0.05, 0.1) is 0 Å². The molecule has 4 rings (SSSR count). The molecule has 6 heteroatoms. The maximum atomic E-state index is 5.52. The Morgan fingerprint density at radius 1 is 1.29 bits per heavy atom. The van der Waals surface area contributed by atoms with E-state index in [0.29, 0.717) is 11.2 Å². The van der Waals surface area contributed by atoms with Crippen molar-refractivity contribution in [3.05, 3.63) is 36.9 Å². The Morgan fingerprint density at radius 2 is 2.04 bits per heavy atom. The molecule has 154 valence electrons. The zero-order valence-corrected chi connectivity index (χ0v) is 18.3. The van der Waals surface area contributed by atoms with Gasteiger partial charge < -0.3 is 20.4 Å². The summed E-state index contributed by atoms with van der Waals surface area (Å²) in [7, 11) is 6.29. The Balaban J connectivity index is 1.44. The summed E-state index contributed by atoms with van der Waals surface area (Å²) in [5.74, 6) is 1.62. The third-order valence-corrected chi connectivity index (χ3v) is 6.39. The van der Waals surface area contributed by atoms with Gasteiger partial charge in [-0.25, -0.2) is 0 Å². The summed E-state index contributed by atoms with van der Waals surface area (Å²) in [6.45, 7) is 9.37. The molecule has 0 radical (unpaired) electrons. The molecule has 3 saturated heterocycles. The normalized spacial score (nSPS) is 26.1. The summed E-state index contributed by atoms with van der Waals surface area (Å²) in [6.07, 6.45) is 4.61. The molecule has 2 N–H and O–H groups in total. The smallest absolute Gasteiger partial charge is 0.170 e. The van der Waals surface area contributed by atoms with Gasteiger partial charge in [-0.05, 0) is 74.8 Å². The van der Waals surface area contributed by atoms with Gasteiger partial charge in [-0.3, -0.25) is 4.90 Å². The molecule has 3 fully saturated rings. The second-order valence-electron chi connectivity index (χ2n) is 8.48. The molecule has 3 heterocycles. The molecule has 5 nitrogen and oxygen atoms in total. The van der Waals surface area contributed by atoms with Crippen LogP contribution in [0.3, 0.4) is 0 Å². The summed E-state index contributed by atoms with van der Waals surface area (Å²) < 4.78 is 0. The second-order valence-corrected chi connectivity index (χ2v) is 8.89. The molecule has 2 bridgehead atoms. The first-order valence-electron chi connectivity index (χ1n) is 10.3. The van der Waals surface area contributed by atoms with Crippen LogP contribution in [0.4, 0.5) is 11.4 Å². The fourth-order valence-electron chi connectivity index (χ4n) is 4.59. The van der Waals surface area contributed by atoms with E-state index in [1.165, 1.54) is 38.2 Å². The van der Waals surface area contributed by atoms with Crippen LogP contribution in [-0.4, -0.2) is 74.8 Å². The molecule has 0 amide bonds. The van der Waals surface area contributed by atoms with Crippen molar-refractivity contribution in [1.82, 2.24) is 15.1 Å². The Bertz CT molecular complexity index is 659. The van der Waals surface area contributed by atoms with E-state index in [4.69, 9.17) is 12.2 Å². The molecular formula is C22H35N5S. The first-order valence-corrected chi connectivity index (χ1v) is 10.7. The standard InChI is InChI=1S/C22H35N5S/c1-5-11-26(4)15-18-16-27-12-10-17(18)13-21(27)14-23-22(28)24-19-6-8-20(9-7-19)25(2)3/h5-9,17-18,21H,1,10-16H2,2-4H3,(H2,23,24,28)/t17-,18-,21+/m0/s1. The van der Waals surface area contributed by atoms with Crippen LogP contribution in [0.2, 0.25) is 0 Å². The summed E-state index contributed by atoms with van der Waals surface area (Å²) in [6, 6.07) is 8.93. The van der Waals surface area contributed by atoms with Crippen molar-refractivity contribution in [3.8, 4) is 0 Å². The van der Waals surface area contributed by atoms with E-state index in [1.807, 2.05) is 20.2 Å². The molecule has 28 heavy (non-hydrogen) atoms. The molecule has 0 aliphatic carbocycles. The molecule has 0 spiro atoms. The number of anilines is 2.